The number of hydrogen-bond donors (Lipinski definition) is 1. The molecule has 2 aromatic rings. The van der Waals surface area contributed by atoms with Crippen LogP contribution >= 0.6 is 0 Å². The lowest BCUT2D eigenvalue weighted by Crippen LogP contribution is -2.15. The number of aromatic nitrogens is 4. The fourth-order valence-electron chi connectivity index (χ4n) is 1.21. The van der Waals surface area contributed by atoms with Crippen molar-refractivity contribution in [2.75, 3.05) is 24.7 Å². The predicted octanol–water partition coefficient (Wildman–Crippen LogP) is 0.582. The van der Waals surface area contributed by atoms with Gasteiger partial charge in [0.05, 0.1) is 0 Å². The molecule has 0 amide bonds. The normalized spacial score (nSPS) is 10.1. The Balaban J connectivity index is 2.50. The van der Waals surface area contributed by atoms with E-state index < -0.39 is 0 Å². The maximum Gasteiger partial charge on any atom is 0.230 e. The summed E-state index contributed by atoms with van der Waals surface area (Å²) in [4.78, 5) is 18.1. The summed E-state index contributed by atoms with van der Waals surface area (Å²) >= 11 is 0. The highest BCUT2D eigenvalue weighted by Gasteiger charge is 2.07. The summed E-state index contributed by atoms with van der Waals surface area (Å²) in [6.45, 7) is 0. The number of anilines is 2. The van der Waals surface area contributed by atoms with Crippen LogP contribution in [0.25, 0.3) is 11.4 Å². The standard InChI is InChI=1S/C10H12N6/c1-16(2)10-14-8(13-9(11)15-10)7-3-5-12-6-4-7/h3-6H,1-2H3,(H2,11,13,14,15). The molecule has 0 unspecified atom stereocenters. The molecular weight excluding hydrogens is 204 g/mol. The molecular formula is C10H12N6. The third-order valence-corrected chi connectivity index (χ3v) is 1.98. The van der Waals surface area contributed by atoms with Crippen LogP contribution in [0.1, 0.15) is 0 Å². The molecule has 0 aliphatic heterocycles. The van der Waals surface area contributed by atoms with Crippen LogP contribution in [0.5, 0.6) is 0 Å². The van der Waals surface area contributed by atoms with Crippen molar-refractivity contribution in [3.8, 4) is 11.4 Å². The van der Waals surface area contributed by atoms with E-state index in [2.05, 4.69) is 19.9 Å². The van der Waals surface area contributed by atoms with Crippen LogP contribution in [-0.4, -0.2) is 34.0 Å². The van der Waals surface area contributed by atoms with E-state index in [1.807, 2.05) is 26.2 Å². The second kappa shape index (κ2) is 4.09. The van der Waals surface area contributed by atoms with E-state index >= 15 is 0 Å². The van der Waals surface area contributed by atoms with Gasteiger partial charge in [-0.15, -0.1) is 0 Å². The van der Waals surface area contributed by atoms with E-state index in [0.29, 0.717) is 11.8 Å². The van der Waals surface area contributed by atoms with Gasteiger partial charge in [0.2, 0.25) is 11.9 Å². The van der Waals surface area contributed by atoms with Crippen LogP contribution in [-0.2, 0) is 0 Å². The number of nitrogens with two attached hydrogens (primary N) is 1. The average Bonchev–Trinajstić information content (AvgIpc) is 2.29. The SMILES string of the molecule is CN(C)c1nc(N)nc(-c2ccncc2)n1. The summed E-state index contributed by atoms with van der Waals surface area (Å²) in [5.41, 5.74) is 6.50. The van der Waals surface area contributed by atoms with Gasteiger partial charge < -0.3 is 10.6 Å². The molecule has 2 N–H and O–H groups in total. The Morgan fingerprint density at radius 2 is 1.75 bits per heavy atom. The molecule has 82 valence electrons. The van der Waals surface area contributed by atoms with Crippen molar-refractivity contribution in [2.45, 2.75) is 0 Å². The summed E-state index contributed by atoms with van der Waals surface area (Å²) in [7, 11) is 3.70. The maximum atomic E-state index is 5.63. The molecule has 6 nitrogen and oxygen atoms in total. The molecule has 0 aliphatic carbocycles. The lowest BCUT2D eigenvalue weighted by molar-refractivity contribution is 0.970. The molecule has 0 saturated heterocycles. The highest BCUT2D eigenvalue weighted by molar-refractivity contribution is 5.56. The summed E-state index contributed by atoms with van der Waals surface area (Å²) in [6, 6.07) is 3.66. The van der Waals surface area contributed by atoms with Crippen molar-refractivity contribution >= 4 is 11.9 Å². The van der Waals surface area contributed by atoms with Gasteiger partial charge in [0, 0.05) is 32.1 Å². The van der Waals surface area contributed by atoms with Crippen LogP contribution < -0.4 is 10.6 Å². The van der Waals surface area contributed by atoms with Crippen molar-refractivity contribution in [3.05, 3.63) is 24.5 Å². The summed E-state index contributed by atoms with van der Waals surface area (Å²) in [5, 5.41) is 0. The monoisotopic (exact) mass is 216 g/mol. The Morgan fingerprint density at radius 3 is 2.38 bits per heavy atom. The maximum absolute atomic E-state index is 5.63. The first-order valence-corrected chi connectivity index (χ1v) is 4.76. The molecule has 2 heterocycles. The minimum absolute atomic E-state index is 0.213. The summed E-state index contributed by atoms with van der Waals surface area (Å²) in [6.07, 6.45) is 3.37. The number of nitrogen functional groups attached to an aromatic ring is 1. The second-order valence-electron chi connectivity index (χ2n) is 3.45. The zero-order chi connectivity index (χ0) is 11.5. The first-order chi connectivity index (χ1) is 7.66. The minimum Gasteiger partial charge on any atom is -0.368 e. The second-order valence-corrected chi connectivity index (χ2v) is 3.45. The van der Waals surface area contributed by atoms with E-state index in [9.17, 15) is 0 Å². The van der Waals surface area contributed by atoms with Crippen LogP contribution in [0.2, 0.25) is 0 Å². The van der Waals surface area contributed by atoms with Crippen molar-refractivity contribution in [1.29, 1.82) is 0 Å². The van der Waals surface area contributed by atoms with Gasteiger partial charge in [-0.1, -0.05) is 0 Å². The number of rotatable bonds is 2. The van der Waals surface area contributed by atoms with E-state index in [1.54, 1.807) is 17.3 Å². The molecule has 2 aromatic heterocycles. The van der Waals surface area contributed by atoms with E-state index in [4.69, 9.17) is 5.73 Å². The minimum atomic E-state index is 0.213. The lowest BCUT2D eigenvalue weighted by Gasteiger charge is -2.11. The van der Waals surface area contributed by atoms with Crippen molar-refractivity contribution in [1.82, 2.24) is 19.9 Å². The highest BCUT2D eigenvalue weighted by atomic mass is 15.3. The molecule has 0 saturated carbocycles. The van der Waals surface area contributed by atoms with Crippen molar-refractivity contribution < 1.29 is 0 Å². The molecule has 0 fully saturated rings. The fraction of sp³-hybridized carbons (Fsp3) is 0.200. The molecule has 6 heteroatoms. The van der Waals surface area contributed by atoms with Crippen LogP contribution in [0.3, 0.4) is 0 Å². The van der Waals surface area contributed by atoms with Crippen LogP contribution in [0, 0.1) is 0 Å². The van der Waals surface area contributed by atoms with Gasteiger partial charge in [0.1, 0.15) is 0 Å². The highest BCUT2D eigenvalue weighted by Crippen LogP contribution is 2.16. The van der Waals surface area contributed by atoms with Gasteiger partial charge in [-0.05, 0) is 12.1 Å². The van der Waals surface area contributed by atoms with Gasteiger partial charge >= 0.3 is 0 Å². The molecule has 0 spiro atoms. The van der Waals surface area contributed by atoms with Gasteiger partial charge in [-0.2, -0.15) is 15.0 Å². The first-order valence-electron chi connectivity index (χ1n) is 4.76. The van der Waals surface area contributed by atoms with Gasteiger partial charge in [-0.25, -0.2) is 0 Å². The van der Waals surface area contributed by atoms with Crippen molar-refractivity contribution in [3.63, 3.8) is 0 Å². The Hall–Kier alpha value is -2.24. The van der Waals surface area contributed by atoms with E-state index in [0.717, 1.165) is 5.56 Å². The van der Waals surface area contributed by atoms with Crippen LogP contribution in [0.15, 0.2) is 24.5 Å². The Kier molecular flexibility index (Phi) is 2.63. The predicted molar refractivity (Wildman–Crippen MR) is 61.8 cm³/mol. The average molecular weight is 216 g/mol. The van der Waals surface area contributed by atoms with E-state index in [1.165, 1.54) is 0 Å². The van der Waals surface area contributed by atoms with Gasteiger partial charge in [0.25, 0.3) is 0 Å². The quantitative estimate of drug-likeness (QED) is 0.791. The molecule has 0 radical (unpaired) electrons. The van der Waals surface area contributed by atoms with Crippen LogP contribution in [0.4, 0.5) is 11.9 Å². The molecule has 16 heavy (non-hydrogen) atoms. The van der Waals surface area contributed by atoms with Gasteiger partial charge in [-0.3, -0.25) is 4.98 Å². The Bertz CT molecular complexity index is 482. The topological polar surface area (TPSA) is 80.8 Å². The fourth-order valence-corrected chi connectivity index (χ4v) is 1.21. The molecule has 0 atom stereocenters. The Morgan fingerprint density at radius 1 is 1.06 bits per heavy atom. The van der Waals surface area contributed by atoms with E-state index in [-0.39, 0.29) is 5.95 Å². The smallest absolute Gasteiger partial charge is 0.230 e. The number of nitrogens with zero attached hydrogens (tertiary/aromatic N) is 5. The molecule has 0 bridgehead atoms. The van der Waals surface area contributed by atoms with Crippen molar-refractivity contribution in [2.24, 2.45) is 0 Å². The first kappa shape index (κ1) is 10.3. The summed E-state index contributed by atoms with van der Waals surface area (Å²) in [5.74, 6) is 1.31. The molecule has 0 aromatic carbocycles. The third kappa shape index (κ3) is 2.05. The molecule has 2 rings (SSSR count). The summed E-state index contributed by atoms with van der Waals surface area (Å²) < 4.78 is 0. The Labute approximate surface area is 93.2 Å². The van der Waals surface area contributed by atoms with Gasteiger partial charge in [0.15, 0.2) is 5.82 Å². The zero-order valence-corrected chi connectivity index (χ0v) is 9.12. The largest absolute Gasteiger partial charge is 0.368 e. The molecule has 0 aliphatic rings. The third-order valence-electron chi connectivity index (χ3n) is 1.98. The lowest BCUT2D eigenvalue weighted by atomic mass is 10.2. The zero-order valence-electron chi connectivity index (χ0n) is 9.12. The number of hydrogen-bond acceptors (Lipinski definition) is 6. The number of pyridine rings is 1.